The number of nitrogens with one attached hydrogen (secondary N) is 1. The Bertz CT molecular complexity index is 631. The summed E-state index contributed by atoms with van der Waals surface area (Å²) in [6, 6.07) is 5.61. The number of hydrogen-bond acceptors (Lipinski definition) is 2. The molecular formula is C14H17ClN2O. The molecular weight excluding hydrogens is 248 g/mol. The Kier molecular flexibility index (Phi) is 3.73. The SMILES string of the molecule is Cc1c(CCN(C)C)c(=O)[nH]c2cc(Cl)ccc12. The van der Waals surface area contributed by atoms with Crippen molar-refractivity contribution in [2.75, 3.05) is 20.6 Å². The summed E-state index contributed by atoms with van der Waals surface area (Å²) < 4.78 is 0. The third-order valence-corrected chi connectivity index (χ3v) is 3.40. The molecule has 1 heterocycles. The van der Waals surface area contributed by atoms with Crippen molar-refractivity contribution in [3.63, 3.8) is 0 Å². The van der Waals surface area contributed by atoms with Gasteiger partial charge in [-0.05, 0) is 45.1 Å². The van der Waals surface area contributed by atoms with Crippen LogP contribution in [-0.2, 0) is 6.42 Å². The Morgan fingerprint density at radius 1 is 1.33 bits per heavy atom. The number of nitrogens with zero attached hydrogens (tertiary/aromatic N) is 1. The zero-order valence-corrected chi connectivity index (χ0v) is 11.6. The van der Waals surface area contributed by atoms with Gasteiger partial charge in [0.25, 0.3) is 5.56 Å². The van der Waals surface area contributed by atoms with E-state index < -0.39 is 0 Å². The van der Waals surface area contributed by atoms with Crippen LogP contribution in [0.5, 0.6) is 0 Å². The number of fused-ring (bicyclic) bond motifs is 1. The third kappa shape index (κ3) is 2.57. The molecule has 1 aromatic heterocycles. The average Bonchev–Trinajstić information content (AvgIpc) is 2.27. The molecule has 2 aromatic rings. The molecule has 0 radical (unpaired) electrons. The van der Waals surface area contributed by atoms with Crippen molar-refractivity contribution in [3.8, 4) is 0 Å². The van der Waals surface area contributed by atoms with E-state index in [1.807, 2.05) is 33.2 Å². The molecule has 0 aliphatic carbocycles. The lowest BCUT2D eigenvalue weighted by molar-refractivity contribution is 0.413. The predicted molar refractivity (Wildman–Crippen MR) is 76.6 cm³/mol. The molecule has 0 unspecified atom stereocenters. The highest BCUT2D eigenvalue weighted by Crippen LogP contribution is 2.21. The second-order valence-corrected chi connectivity index (χ2v) is 5.24. The second kappa shape index (κ2) is 5.12. The number of benzene rings is 1. The maximum Gasteiger partial charge on any atom is 0.251 e. The average molecular weight is 265 g/mol. The molecule has 3 nitrogen and oxygen atoms in total. The van der Waals surface area contributed by atoms with E-state index in [-0.39, 0.29) is 5.56 Å². The third-order valence-electron chi connectivity index (χ3n) is 3.17. The molecule has 0 fully saturated rings. The minimum Gasteiger partial charge on any atom is -0.322 e. The Morgan fingerprint density at radius 2 is 2.06 bits per heavy atom. The Balaban J connectivity index is 2.55. The van der Waals surface area contributed by atoms with Crippen LogP contribution in [0.15, 0.2) is 23.0 Å². The molecule has 0 aliphatic rings. The van der Waals surface area contributed by atoms with Crippen LogP contribution >= 0.6 is 11.6 Å². The highest BCUT2D eigenvalue weighted by molar-refractivity contribution is 6.31. The van der Waals surface area contributed by atoms with E-state index in [4.69, 9.17) is 11.6 Å². The van der Waals surface area contributed by atoms with Crippen molar-refractivity contribution in [2.24, 2.45) is 0 Å². The first-order valence-corrected chi connectivity index (χ1v) is 6.32. The van der Waals surface area contributed by atoms with Crippen LogP contribution in [0.4, 0.5) is 0 Å². The van der Waals surface area contributed by atoms with Gasteiger partial charge in [-0.25, -0.2) is 0 Å². The normalized spacial score (nSPS) is 11.4. The fourth-order valence-electron chi connectivity index (χ4n) is 2.11. The Hall–Kier alpha value is -1.32. The fraction of sp³-hybridized carbons (Fsp3) is 0.357. The number of halogens is 1. The van der Waals surface area contributed by atoms with E-state index in [9.17, 15) is 4.79 Å². The number of aromatic nitrogens is 1. The van der Waals surface area contributed by atoms with Crippen LogP contribution in [0.3, 0.4) is 0 Å². The van der Waals surface area contributed by atoms with E-state index in [1.54, 1.807) is 6.07 Å². The van der Waals surface area contributed by atoms with Gasteiger partial charge in [0.2, 0.25) is 0 Å². The molecule has 2 rings (SSSR count). The summed E-state index contributed by atoms with van der Waals surface area (Å²) in [5.74, 6) is 0. The van der Waals surface area contributed by atoms with Crippen LogP contribution < -0.4 is 5.56 Å². The minimum atomic E-state index is -0.0101. The first-order chi connectivity index (χ1) is 8.49. The molecule has 96 valence electrons. The number of aromatic amines is 1. The monoisotopic (exact) mass is 264 g/mol. The summed E-state index contributed by atoms with van der Waals surface area (Å²) in [6.45, 7) is 2.86. The van der Waals surface area contributed by atoms with Gasteiger partial charge in [0.15, 0.2) is 0 Å². The lowest BCUT2D eigenvalue weighted by atomic mass is 10.0. The van der Waals surface area contributed by atoms with E-state index in [0.717, 1.165) is 35.0 Å². The van der Waals surface area contributed by atoms with Crippen LogP contribution in [0, 0.1) is 6.92 Å². The Labute approximate surface area is 111 Å². The van der Waals surface area contributed by atoms with Gasteiger partial charge < -0.3 is 9.88 Å². The number of rotatable bonds is 3. The van der Waals surface area contributed by atoms with Crippen molar-refractivity contribution in [2.45, 2.75) is 13.3 Å². The predicted octanol–water partition coefficient (Wildman–Crippen LogP) is 2.59. The first-order valence-electron chi connectivity index (χ1n) is 5.95. The van der Waals surface area contributed by atoms with E-state index >= 15 is 0 Å². The lowest BCUT2D eigenvalue weighted by Gasteiger charge is -2.12. The van der Waals surface area contributed by atoms with E-state index in [1.165, 1.54) is 0 Å². The molecule has 18 heavy (non-hydrogen) atoms. The molecule has 0 saturated carbocycles. The van der Waals surface area contributed by atoms with Gasteiger partial charge in [0.1, 0.15) is 0 Å². The fourth-order valence-corrected chi connectivity index (χ4v) is 2.29. The van der Waals surface area contributed by atoms with Gasteiger partial charge in [-0.15, -0.1) is 0 Å². The van der Waals surface area contributed by atoms with Crippen molar-refractivity contribution in [3.05, 3.63) is 44.7 Å². The molecule has 0 atom stereocenters. The van der Waals surface area contributed by atoms with Gasteiger partial charge in [-0.1, -0.05) is 17.7 Å². The summed E-state index contributed by atoms with van der Waals surface area (Å²) >= 11 is 5.94. The molecule has 1 N–H and O–H groups in total. The number of pyridine rings is 1. The van der Waals surface area contributed by atoms with Gasteiger partial charge in [-0.3, -0.25) is 4.79 Å². The van der Waals surface area contributed by atoms with Crippen molar-refractivity contribution in [1.82, 2.24) is 9.88 Å². The molecule has 0 aliphatic heterocycles. The molecule has 1 aromatic carbocycles. The number of hydrogen-bond donors (Lipinski definition) is 1. The standard InChI is InChI=1S/C14H17ClN2O/c1-9-11-5-4-10(15)8-13(11)16-14(18)12(9)6-7-17(2)3/h4-5,8H,6-7H2,1-3H3,(H,16,18). The van der Waals surface area contributed by atoms with Crippen LogP contribution in [0.25, 0.3) is 10.9 Å². The van der Waals surface area contributed by atoms with Gasteiger partial charge in [-0.2, -0.15) is 0 Å². The topological polar surface area (TPSA) is 36.1 Å². The number of H-pyrrole nitrogens is 1. The molecule has 0 saturated heterocycles. The number of aryl methyl sites for hydroxylation is 1. The minimum absolute atomic E-state index is 0.0101. The molecule has 0 bridgehead atoms. The smallest absolute Gasteiger partial charge is 0.251 e. The van der Waals surface area contributed by atoms with Crippen LogP contribution in [-0.4, -0.2) is 30.5 Å². The first kappa shape index (κ1) is 13.1. The highest BCUT2D eigenvalue weighted by Gasteiger charge is 2.09. The van der Waals surface area contributed by atoms with Gasteiger partial charge >= 0.3 is 0 Å². The lowest BCUT2D eigenvalue weighted by Crippen LogP contribution is -2.21. The largest absolute Gasteiger partial charge is 0.322 e. The van der Waals surface area contributed by atoms with E-state index in [0.29, 0.717) is 5.02 Å². The molecule has 0 spiro atoms. The zero-order valence-electron chi connectivity index (χ0n) is 10.9. The summed E-state index contributed by atoms with van der Waals surface area (Å²) in [5.41, 5.74) is 2.70. The summed E-state index contributed by atoms with van der Waals surface area (Å²) in [6.07, 6.45) is 0.757. The zero-order chi connectivity index (χ0) is 13.3. The van der Waals surface area contributed by atoms with Gasteiger partial charge in [0, 0.05) is 22.5 Å². The maximum absolute atomic E-state index is 12.1. The summed E-state index contributed by atoms with van der Waals surface area (Å²) in [7, 11) is 4.01. The van der Waals surface area contributed by atoms with Crippen LogP contribution in [0.2, 0.25) is 5.02 Å². The van der Waals surface area contributed by atoms with E-state index in [2.05, 4.69) is 9.88 Å². The van der Waals surface area contributed by atoms with Gasteiger partial charge in [0.05, 0.1) is 5.52 Å². The van der Waals surface area contributed by atoms with Crippen molar-refractivity contribution < 1.29 is 0 Å². The van der Waals surface area contributed by atoms with Crippen LogP contribution in [0.1, 0.15) is 11.1 Å². The highest BCUT2D eigenvalue weighted by atomic mass is 35.5. The Morgan fingerprint density at radius 3 is 2.72 bits per heavy atom. The van der Waals surface area contributed by atoms with Crippen molar-refractivity contribution in [1.29, 1.82) is 0 Å². The maximum atomic E-state index is 12.1. The molecule has 4 heteroatoms. The molecule has 0 amide bonds. The quantitative estimate of drug-likeness (QED) is 0.925. The van der Waals surface area contributed by atoms with Crippen molar-refractivity contribution >= 4 is 22.5 Å². The summed E-state index contributed by atoms with van der Waals surface area (Å²) in [4.78, 5) is 17.0. The number of likely N-dealkylation sites (N-methyl/N-ethyl adjacent to an activating group) is 1. The second-order valence-electron chi connectivity index (χ2n) is 4.80. The summed E-state index contributed by atoms with van der Waals surface area (Å²) in [5, 5.41) is 1.70.